The van der Waals surface area contributed by atoms with Gasteiger partial charge in [-0.15, -0.1) is 0 Å². The molecule has 1 aromatic rings. The minimum Gasteiger partial charge on any atom is -0.465 e. The summed E-state index contributed by atoms with van der Waals surface area (Å²) in [4.78, 5) is 44.8. The van der Waals surface area contributed by atoms with Crippen LogP contribution in [0.2, 0.25) is 5.02 Å². The molecule has 5 rings (SSSR count). The molecular formula is C27H31ClN2O6. The molecule has 6 atom stereocenters. The number of hydrogen-bond donors (Lipinski definition) is 1. The van der Waals surface area contributed by atoms with Gasteiger partial charge in [0.05, 0.1) is 35.9 Å². The first-order chi connectivity index (χ1) is 17.3. The Hall–Kier alpha value is -2.68. The summed E-state index contributed by atoms with van der Waals surface area (Å²) in [6, 6.07) is 5.26. The molecule has 1 aromatic carbocycles. The number of likely N-dealkylation sites (tertiary alicyclic amines) is 1. The first-order valence-electron chi connectivity index (χ1n) is 12.5. The maximum absolute atomic E-state index is 14.3. The molecule has 9 heteroatoms. The first kappa shape index (κ1) is 25.0. The van der Waals surface area contributed by atoms with Crippen LogP contribution in [0.15, 0.2) is 48.6 Å². The Morgan fingerprint density at radius 3 is 2.64 bits per heavy atom. The highest BCUT2D eigenvalue weighted by Crippen LogP contribution is 2.58. The summed E-state index contributed by atoms with van der Waals surface area (Å²) < 4.78 is 12.4. The highest BCUT2D eigenvalue weighted by molar-refractivity contribution is 6.34. The quantitative estimate of drug-likeness (QED) is 0.490. The molecule has 0 saturated carbocycles. The largest absolute Gasteiger partial charge is 0.465 e. The third-order valence-electron chi connectivity index (χ3n) is 7.95. The highest BCUT2D eigenvalue weighted by atomic mass is 35.5. The van der Waals surface area contributed by atoms with E-state index in [9.17, 15) is 19.5 Å². The Morgan fingerprint density at radius 1 is 1.14 bits per heavy atom. The number of para-hydroxylation sites is 1. The summed E-state index contributed by atoms with van der Waals surface area (Å²) in [6.45, 7) is 3.72. The normalized spacial score (nSPS) is 35.7. The third-order valence-corrected chi connectivity index (χ3v) is 8.27. The number of allylic oxidation sites excluding steroid dienone is 1. The molecule has 192 valence electrons. The Bertz CT molecular complexity index is 1140. The summed E-state index contributed by atoms with van der Waals surface area (Å²) in [5.41, 5.74) is -1.99. The van der Waals surface area contributed by atoms with Crippen molar-refractivity contribution in [2.45, 2.75) is 56.4 Å². The molecule has 36 heavy (non-hydrogen) atoms. The highest BCUT2D eigenvalue weighted by Gasteiger charge is 2.75. The van der Waals surface area contributed by atoms with Gasteiger partial charge in [0.2, 0.25) is 5.91 Å². The van der Waals surface area contributed by atoms with Gasteiger partial charge in [-0.2, -0.15) is 0 Å². The van der Waals surface area contributed by atoms with Gasteiger partial charge in [-0.1, -0.05) is 55.0 Å². The van der Waals surface area contributed by atoms with E-state index in [0.29, 0.717) is 30.0 Å². The van der Waals surface area contributed by atoms with E-state index >= 15 is 0 Å². The molecule has 4 aliphatic rings. The van der Waals surface area contributed by atoms with Crippen molar-refractivity contribution in [3.05, 3.63) is 53.6 Å². The number of fused-ring (bicyclic) bond motifs is 2. The molecule has 2 fully saturated rings. The molecule has 2 amide bonds. The average Bonchev–Trinajstić information content (AvgIpc) is 3.26. The molecule has 1 N–H and O–H groups in total. The van der Waals surface area contributed by atoms with Crippen molar-refractivity contribution in [3.8, 4) is 0 Å². The lowest BCUT2D eigenvalue weighted by atomic mass is 9.73. The van der Waals surface area contributed by atoms with E-state index in [2.05, 4.69) is 0 Å². The number of aliphatic hydroxyl groups excluding tert-OH is 1. The van der Waals surface area contributed by atoms with Crippen LogP contribution in [0.1, 0.15) is 33.1 Å². The molecular weight excluding hydrogens is 484 g/mol. The molecule has 0 radical (unpaired) electrons. The van der Waals surface area contributed by atoms with E-state index in [1.165, 1.54) is 9.80 Å². The number of esters is 1. The van der Waals surface area contributed by atoms with Crippen molar-refractivity contribution >= 4 is 35.1 Å². The Morgan fingerprint density at radius 2 is 1.92 bits per heavy atom. The number of aliphatic hydroxyl groups is 1. The lowest BCUT2D eigenvalue weighted by Crippen LogP contribution is -2.58. The van der Waals surface area contributed by atoms with Crippen molar-refractivity contribution in [2.75, 3.05) is 24.7 Å². The zero-order valence-electron chi connectivity index (χ0n) is 20.4. The zero-order valence-corrected chi connectivity index (χ0v) is 21.2. The lowest BCUT2D eigenvalue weighted by Gasteiger charge is -2.40. The summed E-state index contributed by atoms with van der Waals surface area (Å²) in [5, 5.41) is 10.4. The van der Waals surface area contributed by atoms with E-state index in [0.717, 1.165) is 0 Å². The number of anilines is 1. The van der Waals surface area contributed by atoms with Gasteiger partial charge in [-0.3, -0.25) is 14.4 Å². The van der Waals surface area contributed by atoms with E-state index in [1.807, 2.05) is 19.1 Å². The third kappa shape index (κ3) is 3.53. The predicted octanol–water partition coefficient (Wildman–Crippen LogP) is 2.88. The number of cyclic esters (lactones) is 1. The fraction of sp³-hybridized carbons (Fsp3) is 0.519. The number of carbonyl (C=O) groups excluding carboxylic acids is 3. The van der Waals surface area contributed by atoms with Crippen LogP contribution >= 0.6 is 11.6 Å². The Labute approximate surface area is 215 Å². The van der Waals surface area contributed by atoms with Crippen LogP contribution in [0, 0.1) is 11.8 Å². The SMILES string of the molecule is CC[C@]12/C=C\CCCOC(=O)[C@H]1[C@H]1C(=O)N([C@H](C)CO)C3C(=O)N(c4ccccc4Cl)CC=C[C@@]31O2. The number of rotatable bonds is 4. The zero-order chi connectivity index (χ0) is 25.7. The van der Waals surface area contributed by atoms with Crippen LogP contribution in [0.5, 0.6) is 0 Å². The van der Waals surface area contributed by atoms with E-state index < -0.39 is 47.0 Å². The molecule has 0 bridgehead atoms. The summed E-state index contributed by atoms with van der Waals surface area (Å²) >= 11 is 6.46. The van der Waals surface area contributed by atoms with Gasteiger partial charge in [0.25, 0.3) is 5.91 Å². The number of nitrogens with zero attached hydrogens (tertiary/aromatic N) is 2. The molecule has 1 spiro atoms. The van der Waals surface area contributed by atoms with Crippen molar-refractivity contribution in [3.63, 3.8) is 0 Å². The molecule has 4 aliphatic heterocycles. The number of benzene rings is 1. The molecule has 2 saturated heterocycles. The van der Waals surface area contributed by atoms with Gasteiger partial charge in [-0.05, 0) is 38.3 Å². The standard InChI is InChI=1S/C27H31ClN2O6/c1-3-26-12-7-4-8-15-35-25(34)21(26)20-23(32)30(17(2)16-31)22-24(33)29(14-9-13-27(20,22)36-26)19-11-6-5-10-18(19)28/h5-7,9-13,17,20-22,31H,3-4,8,14-16H2,1-2H3/b12-7-/t17-,20+,21-,22?,26+,27+/m1/s1. The summed E-state index contributed by atoms with van der Waals surface area (Å²) in [7, 11) is 0. The monoisotopic (exact) mass is 514 g/mol. The number of carbonyl (C=O) groups is 3. The van der Waals surface area contributed by atoms with Crippen molar-refractivity contribution < 1.29 is 29.0 Å². The first-order valence-corrected chi connectivity index (χ1v) is 12.9. The minimum absolute atomic E-state index is 0.219. The Kier molecular flexibility index (Phi) is 6.47. The van der Waals surface area contributed by atoms with Crippen LogP contribution in [0.25, 0.3) is 0 Å². The van der Waals surface area contributed by atoms with Gasteiger partial charge in [-0.25, -0.2) is 0 Å². The van der Waals surface area contributed by atoms with Crippen LogP contribution in [0.3, 0.4) is 0 Å². The molecule has 4 heterocycles. The van der Waals surface area contributed by atoms with Crippen molar-refractivity contribution in [1.82, 2.24) is 4.90 Å². The van der Waals surface area contributed by atoms with Gasteiger partial charge in [0.1, 0.15) is 23.2 Å². The minimum atomic E-state index is -1.41. The fourth-order valence-corrected chi connectivity index (χ4v) is 6.50. The molecule has 1 unspecified atom stereocenters. The molecule has 0 aromatic heterocycles. The summed E-state index contributed by atoms with van der Waals surface area (Å²) in [5.74, 6) is -3.17. The second-order valence-electron chi connectivity index (χ2n) is 9.91. The Balaban J connectivity index is 1.70. The van der Waals surface area contributed by atoms with Crippen molar-refractivity contribution in [2.24, 2.45) is 11.8 Å². The number of ether oxygens (including phenoxy) is 2. The number of amides is 2. The summed E-state index contributed by atoms with van der Waals surface area (Å²) in [6.07, 6.45) is 9.25. The second kappa shape index (κ2) is 9.32. The molecule has 8 nitrogen and oxygen atoms in total. The van der Waals surface area contributed by atoms with E-state index in [-0.39, 0.29) is 25.7 Å². The lowest BCUT2D eigenvalue weighted by molar-refractivity contribution is -0.160. The molecule has 0 aliphatic carbocycles. The van der Waals surface area contributed by atoms with Crippen LogP contribution < -0.4 is 4.90 Å². The van der Waals surface area contributed by atoms with Crippen molar-refractivity contribution in [1.29, 1.82) is 0 Å². The predicted molar refractivity (Wildman–Crippen MR) is 133 cm³/mol. The van der Waals surface area contributed by atoms with Crippen LogP contribution in [-0.2, 0) is 23.9 Å². The topological polar surface area (TPSA) is 96.4 Å². The fourth-order valence-electron chi connectivity index (χ4n) is 6.26. The van der Waals surface area contributed by atoms with Gasteiger partial charge >= 0.3 is 5.97 Å². The number of halogens is 1. The smallest absolute Gasteiger partial charge is 0.313 e. The van der Waals surface area contributed by atoms with E-state index in [1.54, 1.807) is 43.3 Å². The van der Waals surface area contributed by atoms with Crippen LogP contribution in [-0.4, -0.2) is 70.8 Å². The van der Waals surface area contributed by atoms with Crippen LogP contribution in [0.4, 0.5) is 5.69 Å². The second-order valence-corrected chi connectivity index (χ2v) is 10.3. The van der Waals surface area contributed by atoms with Gasteiger partial charge in [0.15, 0.2) is 0 Å². The maximum Gasteiger partial charge on any atom is 0.313 e. The van der Waals surface area contributed by atoms with Gasteiger partial charge < -0.3 is 24.4 Å². The number of hydrogen-bond acceptors (Lipinski definition) is 6. The van der Waals surface area contributed by atoms with E-state index in [4.69, 9.17) is 21.1 Å². The average molecular weight is 515 g/mol. The maximum atomic E-state index is 14.3. The van der Waals surface area contributed by atoms with Gasteiger partial charge in [0, 0.05) is 6.54 Å².